The third kappa shape index (κ3) is 6.09. The number of aromatic nitrogens is 3. The number of carbonyl (C=O) groups is 1. The van der Waals surface area contributed by atoms with Crippen LogP contribution in [0.2, 0.25) is 0 Å². The first-order valence-corrected chi connectivity index (χ1v) is 13.9. The highest BCUT2D eigenvalue weighted by molar-refractivity contribution is 6.06. The summed E-state index contributed by atoms with van der Waals surface area (Å²) in [6.07, 6.45) is 5.55. The number of piperidine rings is 1. The molecule has 1 aliphatic carbocycles. The number of nitrogens with zero attached hydrogens (tertiary/aromatic N) is 4. The second-order valence-corrected chi connectivity index (χ2v) is 10.7. The minimum atomic E-state index is -2.67. The predicted molar refractivity (Wildman–Crippen MR) is 151 cm³/mol. The van der Waals surface area contributed by atoms with Crippen LogP contribution in [0, 0.1) is 5.92 Å². The van der Waals surface area contributed by atoms with Gasteiger partial charge in [-0.15, -0.1) is 0 Å². The minimum Gasteiger partial charge on any atom is -0.370 e. The van der Waals surface area contributed by atoms with Crippen molar-refractivity contribution in [2.75, 3.05) is 31.5 Å². The van der Waals surface area contributed by atoms with Crippen LogP contribution in [0.5, 0.6) is 0 Å². The van der Waals surface area contributed by atoms with Gasteiger partial charge in [-0.1, -0.05) is 36.4 Å². The molecule has 1 saturated heterocycles. The topological polar surface area (TPSA) is 83.0 Å². The number of hydrogen-bond acceptors (Lipinski definition) is 6. The number of rotatable bonds is 9. The van der Waals surface area contributed by atoms with E-state index in [4.69, 9.17) is 4.98 Å². The van der Waals surface area contributed by atoms with Crippen molar-refractivity contribution in [1.82, 2.24) is 25.2 Å². The Morgan fingerprint density at radius 3 is 2.45 bits per heavy atom. The second-order valence-electron chi connectivity index (χ2n) is 10.7. The SMILES string of the molecule is O=C(NCC(c1cnc(-c2ccccc2)nc1)N1CCC(F)(F)CC1)c1cccc2nc(NCC3CC3)ccc12. The average molecular weight is 543 g/mol. The number of halogens is 2. The van der Waals surface area contributed by atoms with E-state index < -0.39 is 5.92 Å². The first kappa shape index (κ1) is 26.3. The molecule has 2 aromatic heterocycles. The quantitative estimate of drug-likeness (QED) is 0.282. The number of fused-ring (bicyclic) bond motifs is 1. The van der Waals surface area contributed by atoms with Gasteiger partial charge in [0.05, 0.1) is 11.6 Å². The molecular formula is C31H32F2N6O. The Kier molecular flexibility index (Phi) is 7.38. The fourth-order valence-electron chi connectivity index (χ4n) is 5.17. The largest absolute Gasteiger partial charge is 0.370 e. The highest BCUT2D eigenvalue weighted by Crippen LogP contribution is 2.33. The minimum absolute atomic E-state index is 0.216. The summed E-state index contributed by atoms with van der Waals surface area (Å²) in [6, 6.07) is 18.7. The van der Waals surface area contributed by atoms with Gasteiger partial charge < -0.3 is 10.6 Å². The summed E-state index contributed by atoms with van der Waals surface area (Å²) in [5.74, 6) is -0.779. The standard InChI is InChI=1S/C31H32F2N6O/c32-31(33)13-15-39(16-14-31)27(23-18-35-29(36-19-23)22-5-2-1-3-6-22)20-37-30(40)25-7-4-8-26-24(25)11-12-28(38-26)34-17-21-9-10-21/h1-8,11-12,18-19,21,27H,9-10,13-17,20H2,(H,34,38)(H,37,40). The zero-order valence-electron chi connectivity index (χ0n) is 22.2. The van der Waals surface area contributed by atoms with Crippen LogP contribution in [0.4, 0.5) is 14.6 Å². The van der Waals surface area contributed by atoms with Crippen LogP contribution in [-0.2, 0) is 0 Å². The number of alkyl halides is 2. The maximum atomic E-state index is 14.0. The Balaban J connectivity index is 1.20. The van der Waals surface area contributed by atoms with Crippen LogP contribution in [0.3, 0.4) is 0 Å². The number of hydrogen-bond donors (Lipinski definition) is 2. The van der Waals surface area contributed by atoms with Gasteiger partial charge in [-0.25, -0.2) is 23.7 Å². The lowest BCUT2D eigenvalue weighted by atomic mass is 10.0. The average Bonchev–Trinajstić information content (AvgIpc) is 3.82. The summed E-state index contributed by atoms with van der Waals surface area (Å²) in [5, 5.41) is 7.20. The van der Waals surface area contributed by atoms with Crippen LogP contribution >= 0.6 is 0 Å². The predicted octanol–water partition coefficient (Wildman–Crippen LogP) is 5.72. The van der Waals surface area contributed by atoms with Crippen molar-refractivity contribution in [3.8, 4) is 11.4 Å². The molecule has 2 aromatic carbocycles. The van der Waals surface area contributed by atoms with Crippen molar-refractivity contribution in [3.05, 3.63) is 84.2 Å². The number of nitrogens with one attached hydrogen (secondary N) is 2. The molecule has 4 aromatic rings. The molecule has 7 nitrogen and oxygen atoms in total. The number of anilines is 1. The van der Waals surface area contributed by atoms with E-state index in [0.717, 1.165) is 40.3 Å². The lowest BCUT2D eigenvalue weighted by molar-refractivity contribution is -0.0632. The molecule has 1 amide bonds. The van der Waals surface area contributed by atoms with Crippen LogP contribution < -0.4 is 10.6 Å². The first-order chi connectivity index (χ1) is 19.4. The molecule has 1 atom stereocenters. The molecule has 0 radical (unpaired) electrons. The van der Waals surface area contributed by atoms with Crippen molar-refractivity contribution in [2.45, 2.75) is 37.6 Å². The van der Waals surface area contributed by atoms with E-state index in [1.54, 1.807) is 18.5 Å². The van der Waals surface area contributed by atoms with E-state index in [9.17, 15) is 13.6 Å². The van der Waals surface area contributed by atoms with E-state index >= 15 is 0 Å². The van der Waals surface area contributed by atoms with Crippen molar-refractivity contribution in [1.29, 1.82) is 0 Å². The lowest BCUT2D eigenvalue weighted by Crippen LogP contribution is -2.45. The normalized spacial score (nSPS) is 17.9. The number of carbonyl (C=O) groups excluding carboxylic acids is 1. The molecule has 2 fully saturated rings. The van der Waals surface area contributed by atoms with Crippen LogP contribution in [0.25, 0.3) is 22.3 Å². The summed E-state index contributed by atoms with van der Waals surface area (Å²) in [6.45, 7) is 1.60. The second kappa shape index (κ2) is 11.3. The Bertz CT molecular complexity index is 1470. The van der Waals surface area contributed by atoms with Gasteiger partial charge in [0.25, 0.3) is 11.8 Å². The first-order valence-electron chi connectivity index (χ1n) is 13.9. The lowest BCUT2D eigenvalue weighted by Gasteiger charge is -2.37. The van der Waals surface area contributed by atoms with Gasteiger partial charge in [0.1, 0.15) is 5.82 Å². The van der Waals surface area contributed by atoms with Gasteiger partial charge in [0.2, 0.25) is 0 Å². The zero-order chi connectivity index (χ0) is 27.5. The number of benzene rings is 2. The highest BCUT2D eigenvalue weighted by Gasteiger charge is 2.37. The smallest absolute Gasteiger partial charge is 0.252 e. The molecular weight excluding hydrogens is 510 g/mol. The molecule has 1 saturated carbocycles. The van der Waals surface area contributed by atoms with Gasteiger partial charge in [0.15, 0.2) is 5.82 Å². The third-order valence-electron chi connectivity index (χ3n) is 7.76. The monoisotopic (exact) mass is 542 g/mol. The van der Waals surface area contributed by atoms with Gasteiger partial charge in [-0.3, -0.25) is 9.69 Å². The third-order valence-corrected chi connectivity index (χ3v) is 7.76. The number of likely N-dealkylation sites (tertiary alicyclic amines) is 1. The van der Waals surface area contributed by atoms with E-state index in [1.165, 1.54) is 12.8 Å². The van der Waals surface area contributed by atoms with E-state index in [1.807, 2.05) is 59.5 Å². The summed E-state index contributed by atoms with van der Waals surface area (Å²) in [7, 11) is 0. The molecule has 1 unspecified atom stereocenters. The van der Waals surface area contributed by atoms with E-state index in [0.29, 0.717) is 11.4 Å². The molecule has 40 heavy (non-hydrogen) atoms. The van der Waals surface area contributed by atoms with Crippen LogP contribution in [0.1, 0.15) is 47.6 Å². The Labute approximate surface area is 232 Å². The molecule has 2 N–H and O–H groups in total. The van der Waals surface area contributed by atoms with Crippen molar-refractivity contribution >= 4 is 22.6 Å². The Morgan fingerprint density at radius 1 is 0.975 bits per heavy atom. The molecule has 6 rings (SSSR count). The summed E-state index contributed by atoms with van der Waals surface area (Å²) >= 11 is 0. The van der Waals surface area contributed by atoms with Crippen LogP contribution in [-0.4, -0.2) is 57.9 Å². The van der Waals surface area contributed by atoms with E-state index in [-0.39, 0.29) is 44.4 Å². The van der Waals surface area contributed by atoms with Crippen molar-refractivity contribution in [2.24, 2.45) is 5.92 Å². The van der Waals surface area contributed by atoms with Crippen LogP contribution in [0.15, 0.2) is 73.1 Å². The fraction of sp³-hybridized carbons (Fsp3) is 0.355. The molecule has 1 aliphatic heterocycles. The molecule has 2 aliphatic rings. The highest BCUT2D eigenvalue weighted by atomic mass is 19.3. The summed E-state index contributed by atoms with van der Waals surface area (Å²) < 4.78 is 27.9. The van der Waals surface area contributed by atoms with Gasteiger partial charge in [-0.05, 0) is 43.0 Å². The van der Waals surface area contributed by atoms with Gasteiger partial charge in [-0.2, -0.15) is 0 Å². The molecule has 206 valence electrons. The van der Waals surface area contributed by atoms with Gasteiger partial charge >= 0.3 is 0 Å². The zero-order valence-corrected chi connectivity index (χ0v) is 22.2. The Morgan fingerprint density at radius 2 is 1.73 bits per heavy atom. The number of pyridine rings is 1. The fourth-order valence-corrected chi connectivity index (χ4v) is 5.17. The molecule has 3 heterocycles. The maximum absolute atomic E-state index is 14.0. The van der Waals surface area contributed by atoms with Gasteiger partial charge in [0, 0.05) is 73.5 Å². The summed E-state index contributed by atoms with van der Waals surface area (Å²) in [5.41, 5.74) is 2.94. The van der Waals surface area contributed by atoms with E-state index in [2.05, 4.69) is 20.6 Å². The number of amides is 1. The Hall–Kier alpha value is -3.98. The molecule has 0 spiro atoms. The maximum Gasteiger partial charge on any atom is 0.252 e. The van der Waals surface area contributed by atoms with Crippen molar-refractivity contribution in [3.63, 3.8) is 0 Å². The van der Waals surface area contributed by atoms with Crippen molar-refractivity contribution < 1.29 is 13.6 Å². The summed E-state index contributed by atoms with van der Waals surface area (Å²) in [4.78, 5) is 29.2. The molecule has 0 bridgehead atoms. The molecule has 9 heteroatoms.